The zero-order chi connectivity index (χ0) is 14.0. The molecule has 1 aliphatic heterocycles. The Morgan fingerprint density at radius 3 is 3.00 bits per heavy atom. The number of nitriles is 1. The lowest BCUT2D eigenvalue weighted by molar-refractivity contribution is -0.148. The van der Waals surface area contributed by atoms with Crippen molar-refractivity contribution in [2.24, 2.45) is 5.41 Å². The SMILES string of the molecule is CC1(C(=O)O)COCC1Nc1ccc(C#N)c(Br)c1. The number of hydrogen-bond acceptors (Lipinski definition) is 4. The minimum atomic E-state index is -0.944. The molecule has 2 N–H and O–H groups in total. The predicted molar refractivity (Wildman–Crippen MR) is 72.8 cm³/mol. The van der Waals surface area contributed by atoms with Gasteiger partial charge in [0.25, 0.3) is 0 Å². The summed E-state index contributed by atoms with van der Waals surface area (Å²) >= 11 is 3.30. The topological polar surface area (TPSA) is 82.3 Å². The number of hydrogen-bond donors (Lipinski definition) is 2. The zero-order valence-electron chi connectivity index (χ0n) is 10.3. The number of carbonyl (C=O) groups is 1. The summed E-state index contributed by atoms with van der Waals surface area (Å²) in [5, 5.41) is 21.3. The summed E-state index contributed by atoms with van der Waals surface area (Å²) in [5.41, 5.74) is 0.350. The molecule has 6 heteroatoms. The molecule has 0 bridgehead atoms. The summed E-state index contributed by atoms with van der Waals surface area (Å²) in [6.45, 7) is 2.20. The van der Waals surface area contributed by atoms with E-state index in [1.807, 2.05) is 0 Å². The maximum atomic E-state index is 11.3. The van der Waals surface area contributed by atoms with Crippen molar-refractivity contribution in [3.63, 3.8) is 0 Å². The third kappa shape index (κ3) is 2.57. The second-order valence-corrected chi connectivity index (χ2v) is 5.60. The van der Waals surface area contributed by atoms with Gasteiger partial charge in [-0.25, -0.2) is 0 Å². The van der Waals surface area contributed by atoms with Gasteiger partial charge in [0.05, 0.1) is 24.8 Å². The number of aliphatic carboxylic acids is 1. The van der Waals surface area contributed by atoms with Crippen LogP contribution in [0.2, 0.25) is 0 Å². The molecule has 1 saturated heterocycles. The molecule has 0 spiro atoms. The van der Waals surface area contributed by atoms with E-state index in [4.69, 9.17) is 10.00 Å². The van der Waals surface area contributed by atoms with Crippen molar-refractivity contribution in [1.29, 1.82) is 5.26 Å². The molecule has 0 aliphatic carbocycles. The number of rotatable bonds is 3. The van der Waals surface area contributed by atoms with E-state index < -0.39 is 11.4 Å². The minimum absolute atomic E-state index is 0.192. The monoisotopic (exact) mass is 324 g/mol. The van der Waals surface area contributed by atoms with E-state index in [2.05, 4.69) is 27.3 Å². The van der Waals surface area contributed by atoms with Crippen LogP contribution in [-0.4, -0.2) is 30.3 Å². The first-order chi connectivity index (χ1) is 8.97. The molecule has 1 fully saturated rings. The van der Waals surface area contributed by atoms with Gasteiger partial charge in [0.1, 0.15) is 11.5 Å². The molecule has 100 valence electrons. The van der Waals surface area contributed by atoms with Crippen LogP contribution in [0.1, 0.15) is 12.5 Å². The average molecular weight is 325 g/mol. The molecule has 0 amide bonds. The molecular formula is C13H13BrN2O3. The second kappa shape index (κ2) is 5.19. The van der Waals surface area contributed by atoms with Crippen molar-refractivity contribution in [2.45, 2.75) is 13.0 Å². The smallest absolute Gasteiger partial charge is 0.313 e. The number of halogens is 1. The number of anilines is 1. The molecule has 5 nitrogen and oxygen atoms in total. The Hall–Kier alpha value is -1.58. The van der Waals surface area contributed by atoms with Gasteiger partial charge in [0.15, 0.2) is 0 Å². The van der Waals surface area contributed by atoms with Crippen molar-refractivity contribution in [3.05, 3.63) is 28.2 Å². The van der Waals surface area contributed by atoms with Crippen LogP contribution in [0.25, 0.3) is 0 Å². The van der Waals surface area contributed by atoms with Crippen LogP contribution in [-0.2, 0) is 9.53 Å². The van der Waals surface area contributed by atoms with Gasteiger partial charge in [-0.2, -0.15) is 5.26 Å². The Morgan fingerprint density at radius 2 is 2.42 bits per heavy atom. The van der Waals surface area contributed by atoms with E-state index in [9.17, 15) is 9.90 Å². The van der Waals surface area contributed by atoms with Gasteiger partial charge < -0.3 is 15.2 Å². The summed E-state index contributed by atoms with van der Waals surface area (Å²) in [5.74, 6) is -0.879. The van der Waals surface area contributed by atoms with Crippen LogP contribution in [0.15, 0.2) is 22.7 Å². The third-order valence-electron chi connectivity index (χ3n) is 3.37. The Morgan fingerprint density at radius 1 is 1.68 bits per heavy atom. The van der Waals surface area contributed by atoms with Crippen molar-refractivity contribution < 1.29 is 14.6 Å². The van der Waals surface area contributed by atoms with Gasteiger partial charge >= 0.3 is 5.97 Å². The van der Waals surface area contributed by atoms with Crippen LogP contribution < -0.4 is 5.32 Å². The van der Waals surface area contributed by atoms with Crippen LogP contribution in [0.3, 0.4) is 0 Å². The van der Waals surface area contributed by atoms with Crippen molar-refractivity contribution in [3.8, 4) is 6.07 Å². The largest absolute Gasteiger partial charge is 0.481 e. The highest BCUT2D eigenvalue weighted by atomic mass is 79.9. The molecule has 2 atom stereocenters. The van der Waals surface area contributed by atoms with Crippen molar-refractivity contribution in [1.82, 2.24) is 0 Å². The van der Waals surface area contributed by atoms with E-state index in [1.165, 1.54) is 0 Å². The quantitative estimate of drug-likeness (QED) is 0.890. The standard InChI is InChI=1S/C13H13BrN2O3/c1-13(12(17)18)7-19-6-11(13)16-9-3-2-8(5-15)10(14)4-9/h2-4,11,16H,6-7H2,1H3,(H,17,18). The van der Waals surface area contributed by atoms with E-state index in [0.29, 0.717) is 16.6 Å². The maximum absolute atomic E-state index is 11.3. The minimum Gasteiger partial charge on any atom is -0.481 e. The summed E-state index contributed by atoms with van der Waals surface area (Å²) in [4.78, 5) is 11.3. The first kappa shape index (κ1) is 13.8. The van der Waals surface area contributed by atoms with Gasteiger partial charge in [0, 0.05) is 10.2 Å². The number of ether oxygens (including phenoxy) is 1. The van der Waals surface area contributed by atoms with Gasteiger partial charge in [-0.3, -0.25) is 4.79 Å². The second-order valence-electron chi connectivity index (χ2n) is 4.74. The van der Waals surface area contributed by atoms with Gasteiger partial charge in [0.2, 0.25) is 0 Å². The summed E-state index contributed by atoms with van der Waals surface area (Å²) in [7, 11) is 0. The highest BCUT2D eigenvalue weighted by molar-refractivity contribution is 9.10. The van der Waals surface area contributed by atoms with Crippen LogP contribution in [0.5, 0.6) is 0 Å². The Labute approximate surface area is 119 Å². The normalized spacial score (nSPS) is 25.8. The highest BCUT2D eigenvalue weighted by Crippen LogP contribution is 2.32. The molecule has 0 saturated carbocycles. The highest BCUT2D eigenvalue weighted by Gasteiger charge is 2.46. The Balaban J connectivity index is 2.20. The number of carboxylic acids is 1. The zero-order valence-corrected chi connectivity index (χ0v) is 11.9. The predicted octanol–water partition coefficient (Wildman–Crippen LogP) is 2.22. The van der Waals surface area contributed by atoms with E-state index in [-0.39, 0.29) is 12.6 Å². The van der Waals surface area contributed by atoms with Crippen LogP contribution in [0.4, 0.5) is 5.69 Å². The summed E-state index contributed by atoms with van der Waals surface area (Å²) in [6, 6.07) is 6.95. The van der Waals surface area contributed by atoms with E-state index >= 15 is 0 Å². The third-order valence-corrected chi connectivity index (χ3v) is 4.03. The average Bonchev–Trinajstić information content (AvgIpc) is 2.73. The molecule has 1 aromatic carbocycles. The number of benzene rings is 1. The van der Waals surface area contributed by atoms with Crippen molar-refractivity contribution >= 4 is 27.6 Å². The molecular weight excluding hydrogens is 312 g/mol. The van der Waals surface area contributed by atoms with Gasteiger partial charge in [-0.15, -0.1) is 0 Å². The van der Waals surface area contributed by atoms with Crippen molar-refractivity contribution in [2.75, 3.05) is 18.5 Å². The van der Waals surface area contributed by atoms with Gasteiger partial charge in [-0.05, 0) is 41.1 Å². The lowest BCUT2D eigenvalue weighted by Gasteiger charge is -2.26. The summed E-state index contributed by atoms with van der Waals surface area (Å²) in [6.07, 6.45) is 0. The van der Waals surface area contributed by atoms with E-state index in [1.54, 1.807) is 25.1 Å². The molecule has 1 heterocycles. The molecule has 1 aliphatic rings. The fourth-order valence-electron chi connectivity index (χ4n) is 1.98. The van der Waals surface area contributed by atoms with Crippen LogP contribution >= 0.6 is 15.9 Å². The lowest BCUT2D eigenvalue weighted by atomic mass is 9.85. The number of carboxylic acid groups (broad SMARTS) is 1. The van der Waals surface area contributed by atoms with E-state index in [0.717, 1.165) is 5.69 Å². The molecule has 19 heavy (non-hydrogen) atoms. The fourth-order valence-corrected chi connectivity index (χ4v) is 2.45. The molecule has 0 aromatic heterocycles. The first-order valence-electron chi connectivity index (χ1n) is 5.74. The van der Waals surface area contributed by atoms with Gasteiger partial charge in [-0.1, -0.05) is 0 Å². The maximum Gasteiger partial charge on any atom is 0.313 e. The molecule has 1 aromatic rings. The fraction of sp³-hybridized carbons (Fsp3) is 0.385. The molecule has 0 radical (unpaired) electrons. The first-order valence-corrected chi connectivity index (χ1v) is 6.54. The lowest BCUT2D eigenvalue weighted by Crippen LogP contribution is -2.43. The number of nitrogens with one attached hydrogen (secondary N) is 1. The summed E-state index contributed by atoms with van der Waals surface area (Å²) < 4.78 is 5.95. The van der Waals surface area contributed by atoms with Crippen LogP contribution in [0, 0.1) is 16.7 Å². The molecule has 2 unspecified atom stereocenters. The Bertz CT molecular complexity index is 555. The number of nitrogens with zero attached hydrogens (tertiary/aromatic N) is 1. The Kier molecular flexibility index (Phi) is 3.78. The molecule has 2 rings (SSSR count).